The molecule has 1 aliphatic rings. The van der Waals surface area contributed by atoms with E-state index in [-0.39, 0.29) is 24.4 Å². The van der Waals surface area contributed by atoms with Gasteiger partial charge in [0.2, 0.25) is 0 Å². The Balaban J connectivity index is 3.50. The van der Waals surface area contributed by atoms with Gasteiger partial charge in [-0.25, -0.2) is 0 Å². The van der Waals surface area contributed by atoms with Crippen molar-refractivity contribution in [2.45, 2.75) is 155 Å². The normalized spacial score (nSPS) is 26.3. The van der Waals surface area contributed by atoms with Gasteiger partial charge >= 0.3 is 0 Å². The summed E-state index contributed by atoms with van der Waals surface area (Å²) in [4.78, 5) is 0. The highest BCUT2D eigenvalue weighted by atomic mass is 28.4. The Morgan fingerprint density at radius 3 is 1.34 bits per heavy atom. The molecule has 41 heavy (non-hydrogen) atoms. The molecule has 0 saturated carbocycles. The van der Waals surface area contributed by atoms with E-state index in [4.69, 9.17) is 36.0 Å². The molecule has 1 fully saturated rings. The number of ether oxygens (including phenoxy) is 2. The van der Waals surface area contributed by atoms with Crippen LogP contribution in [0, 0.1) is 0 Å². The zero-order chi connectivity index (χ0) is 32.2. The molecule has 0 spiro atoms. The minimum Gasteiger partial charge on any atom is -0.415 e. The lowest BCUT2D eigenvalue weighted by Gasteiger charge is -2.51. The lowest BCUT2D eigenvalue weighted by atomic mass is 9.99. The van der Waals surface area contributed by atoms with E-state index in [1.54, 1.807) is 0 Å². The zero-order valence-corrected chi connectivity index (χ0v) is 35.9. The molecule has 1 aliphatic heterocycles. The molecule has 0 N–H and O–H groups in total. The van der Waals surface area contributed by atoms with Crippen molar-refractivity contribution in [2.24, 2.45) is 0 Å². The van der Waals surface area contributed by atoms with E-state index in [9.17, 15) is 0 Å². The van der Waals surface area contributed by atoms with Gasteiger partial charge in [-0.05, 0) is 118 Å². The Kier molecular flexibility index (Phi) is 14.7. The average Bonchev–Trinajstić information content (AvgIpc) is 2.67. The van der Waals surface area contributed by atoms with Crippen LogP contribution in [0.15, 0.2) is 0 Å². The largest absolute Gasteiger partial charge is 0.415 e. The summed E-state index contributed by atoms with van der Waals surface area (Å²) in [5.74, 6) is 0. The summed E-state index contributed by atoms with van der Waals surface area (Å²) in [6, 6.07) is 0. The van der Waals surface area contributed by atoms with E-state index >= 15 is 0 Å². The summed E-state index contributed by atoms with van der Waals surface area (Å²) in [7, 11) is -11.4. The highest BCUT2D eigenvalue weighted by molar-refractivity contribution is 6.71. The lowest BCUT2D eigenvalue weighted by Crippen LogP contribution is -2.66. The molecule has 1 saturated heterocycles. The van der Waals surface area contributed by atoms with E-state index in [1.807, 2.05) is 0 Å². The number of hydrogen-bond acceptors (Lipinski definition) is 8. The summed E-state index contributed by atoms with van der Waals surface area (Å²) in [5.41, 5.74) is 0. The quantitative estimate of drug-likeness (QED) is 0.148. The van der Waals surface area contributed by atoms with Gasteiger partial charge in [0.05, 0.1) is 25.9 Å². The molecule has 246 valence electrons. The van der Waals surface area contributed by atoms with Crippen LogP contribution in [-0.4, -0.2) is 107 Å². The Hall–Kier alpha value is 0.981. The smallest absolute Gasteiger partial charge is 0.185 e. The van der Waals surface area contributed by atoms with Crippen LogP contribution in [0.3, 0.4) is 0 Å². The van der Waals surface area contributed by atoms with Crippen LogP contribution in [0.2, 0.25) is 118 Å². The van der Waals surface area contributed by atoms with Crippen molar-refractivity contribution in [2.75, 3.05) is 19.8 Å². The Morgan fingerprint density at radius 2 is 0.927 bits per heavy atom. The van der Waals surface area contributed by atoms with Crippen molar-refractivity contribution >= 4 is 49.9 Å². The lowest BCUT2D eigenvalue weighted by molar-refractivity contribution is -0.294. The van der Waals surface area contributed by atoms with Gasteiger partial charge in [-0.3, -0.25) is 0 Å². The molecule has 8 nitrogen and oxygen atoms in total. The summed E-state index contributed by atoms with van der Waals surface area (Å²) in [6.07, 6.45) is -2.23. The summed E-state index contributed by atoms with van der Waals surface area (Å²) >= 11 is 0. The topological polar surface area (TPSA) is 73.8 Å². The SMILES string of the molecule is C[Si](C)(C)OCC(COC1OC(CO[Si](C)(C)C)C(O[Si](C)(C)C)C(O[Si](C)(C)C)C1O[Si](C)(C)C)O[Si](C)(C)C. The maximum Gasteiger partial charge on any atom is 0.185 e. The minimum atomic E-state index is -2.03. The van der Waals surface area contributed by atoms with E-state index in [1.165, 1.54) is 0 Å². The van der Waals surface area contributed by atoms with Crippen molar-refractivity contribution in [3.05, 3.63) is 0 Å². The monoisotopic (exact) mass is 686 g/mol. The third kappa shape index (κ3) is 18.5. The molecule has 6 atom stereocenters. The Bertz CT molecular complexity index is 778. The first kappa shape index (κ1) is 40.0. The van der Waals surface area contributed by atoms with Crippen LogP contribution < -0.4 is 0 Å². The molecule has 0 aromatic carbocycles. The molecule has 0 bridgehead atoms. The predicted octanol–water partition coefficient (Wildman–Crippen LogP) is 7.31. The van der Waals surface area contributed by atoms with Gasteiger partial charge in [0.25, 0.3) is 0 Å². The van der Waals surface area contributed by atoms with Crippen LogP contribution in [0.4, 0.5) is 0 Å². The zero-order valence-electron chi connectivity index (χ0n) is 29.9. The van der Waals surface area contributed by atoms with Crippen LogP contribution in [0.25, 0.3) is 0 Å². The van der Waals surface area contributed by atoms with Crippen molar-refractivity contribution in [3.63, 3.8) is 0 Å². The van der Waals surface area contributed by atoms with Gasteiger partial charge < -0.3 is 36.0 Å². The molecule has 6 unspecified atom stereocenters. The second-order valence-corrected chi connectivity index (χ2v) is 44.0. The van der Waals surface area contributed by atoms with Crippen LogP contribution in [-0.2, 0) is 36.0 Å². The second kappa shape index (κ2) is 15.0. The molecule has 0 aromatic heterocycles. The van der Waals surface area contributed by atoms with Crippen molar-refractivity contribution in [1.82, 2.24) is 0 Å². The van der Waals surface area contributed by atoms with Gasteiger partial charge in [-0.2, -0.15) is 0 Å². The van der Waals surface area contributed by atoms with E-state index in [2.05, 4.69) is 118 Å². The average molecular weight is 687 g/mol. The fourth-order valence-corrected chi connectivity index (χ4v) is 10.0. The van der Waals surface area contributed by atoms with Gasteiger partial charge in [0.1, 0.15) is 24.4 Å². The molecule has 0 aliphatic carbocycles. The number of hydrogen-bond donors (Lipinski definition) is 0. The highest BCUT2D eigenvalue weighted by Gasteiger charge is 2.52. The summed E-state index contributed by atoms with van der Waals surface area (Å²) in [6.45, 7) is 40.9. The van der Waals surface area contributed by atoms with Crippen LogP contribution in [0.1, 0.15) is 0 Å². The first-order valence-electron chi connectivity index (χ1n) is 15.3. The standard InChI is InChI=1S/C27H66O8Si6/c1-36(2,3)29-20-22(32-38(7,8)9)19-28-27-26(35-41(16,17)18)25(34-40(13,14)15)24(33-39(10,11)12)23(31-27)21-30-37(4,5)6/h22-27H,19-21H2,1-18H3. The summed E-state index contributed by atoms with van der Waals surface area (Å²) < 4.78 is 53.4. The van der Waals surface area contributed by atoms with E-state index in [0.29, 0.717) is 19.8 Å². The minimum absolute atomic E-state index is 0.187. The van der Waals surface area contributed by atoms with Crippen molar-refractivity contribution < 1.29 is 36.0 Å². The third-order valence-electron chi connectivity index (χ3n) is 5.41. The molecule has 14 heteroatoms. The molecule has 0 amide bonds. The molecule has 1 rings (SSSR count). The maximum absolute atomic E-state index is 6.95. The number of rotatable bonds is 17. The Morgan fingerprint density at radius 1 is 0.488 bits per heavy atom. The molecule has 0 aromatic rings. The highest BCUT2D eigenvalue weighted by Crippen LogP contribution is 2.34. The first-order valence-corrected chi connectivity index (χ1v) is 35.7. The summed E-state index contributed by atoms with van der Waals surface area (Å²) in [5, 5.41) is 0. The van der Waals surface area contributed by atoms with Crippen LogP contribution >= 0.6 is 0 Å². The van der Waals surface area contributed by atoms with Crippen molar-refractivity contribution in [1.29, 1.82) is 0 Å². The maximum atomic E-state index is 6.95. The first-order chi connectivity index (χ1) is 18.0. The van der Waals surface area contributed by atoms with Gasteiger partial charge in [-0.1, -0.05) is 0 Å². The van der Waals surface area contributed by atoms with Crippen LogP contribution in [0.5, 0.6) is 0 Å². The van der Waals surface area contributed by atoms with Gasteiger partial charge in [0.15, 0.2) is 56.2 Å². The van der Waals surface area contributed by atoms with Gasteiger partial charge in [0, 0.05) is 0 Å². The second-order valence-electron chi connectivity index (χ2n) is 17.2. The van der Waals surface area contributed by atoms with E-state index in [0.717, 1.165) is 0 Å². The van der Waals surface area contributed by atoms with Crippen molar-refractivity contribution in [3.8, 4) is 0 Å². The molecule has 0 radical (unpaired) electrons. The van der Waals surface area contributed by atoms with Gasteiger partial charge in [-0.15, -0.1) is 0 Å². The fraction of sp³-hybridized carbons (Fsp3) is 1.00. The molecular weight excluding hydrogens is 621 g/mol. The van der Waals surface area contributed by atoms with E-state index < -0.39 is 62.3 Å². The Labute approximate surface area is 259 Å². The molecular formula is C27H66O8Si6. The molecule has 1 heterocycles. The third-order valence-corrected chi connectivity index (χ3v) is 11.5. The fourth-order valence-electron chi connectivity index (χ4n) is 4.27. The predicted molar refractivity (Wildman–Crippen MR) is 186 cm³/mol.